The van der Waals surface area contributed by atoms with Gasteiger partial charge in [0.05, 0.1) is 0 Å². The molecule has 2 heteroatoms. The first-order chi connectivity index (χ1) is 3.79. The van der Waals surface area contributed by atoms with Crippen molar-refractivity contribution in [3.05, 3.63) is 35.4 Å². The second kappa shape index (κ2) is 6.43. The van der Waals surface area contributed by atoms with E-state index in [-0.39, 0.29) is 47.0 Å². The van der Waals surface area contributed by atoms with Crippen molar-refractivity contribution in [2.45, 2.75) is 13.8 Å². The molecule has 0 amide bonds. The van der Waals surface area contributed by atoms with Crippen LogP contribution in [0.15, 0.2) is 18.2 Å². The predicted octanol–water partition coefficient (Wildman–Crippen LogP) is -1.27. The molecule has 0 saturated carbocycles. The number of benzene rings is 1. The average molecular weight is 256 g/mol. The summed E-state index contributed by atoms with van der Waals surface area (Å²) in [6, 6.07) is 9.31. The van der Waals surface area contributed by atoms with Gasteiger partial charge < -0.3 is 24.0 Å². The number of rotatable bonds is 0. The van der Waals surface area contributed by atoms with Crippen molar-refractivity contribution in [3.8, 4) is 0 Å². The largest absolute Gasteiger partial charge is 2.00 e. The molecular weight excluding hydrogens is 247 g/mol. The van der Waals surface area contributed by atoms with Crippen LogP contribution < -0.4 is 24.0 Å². The van der Waals surface area contributed by atoms with Crippen LogP contribution in [-0.2, 0) is 0 Å². The summed E-state index contributed by atoms with van der Waals surface area (Å²) in [5, 5.41) is 0. The van der Waals surface area contributed by atoms with Crippen molar-refractivity contribution < 1.29 is 24.0 Å². The maximum Gasteiger partial charge on any atom is 2.00 e. The van der Waals surface area contributed by atoms with E-state index in [9.17, 15) is 0 Å². The van der Waals surface area contributed by atoms with Gasteiger partial charge in [0.25, 0.3) is 0 Å². The first kappa shape index (κ1) is 13.3. The second-order valence-electron chi connectivity index (χ2n) is 2.02. The zero-order valence-electron chi connectivity index (χ0n) is 6.32. The number of halogens is 1. The molecule has 1 aromatic carbocycles. The molecule has 0 fully saturated rings. The summed E-state index contributed by atoms with van der Waals surface area (Å²) < 4.78 is 0. The maximum absolute atomic E-state index is 3.17. The van der Waals surface area contributed by atoms with E-state index in [1.165, 1.54) is 11.1 Å². The van der Waals surface area contributed by atoms with Crippen molar-refractivity contribution >= 4 is 23.1 Å². The van der Waals surface area contributed by atoms with E-state index < -0.39 is 0 Å². The van der Waals surface area contributed by atoms with Gasteiger partial charge in [-0.2, -0.15) is 35.4 Å². The van der Waals surface area contributed by atoms with Crippen LogP contribution in [0.1, 0.15) is 11.1 Å². The van der Waals surface area contributed by atoms with Gasteiger partial charge in [0.15, 0.2) is 0 Å². The topological polar surface area (TPSA) is 0 Å². The minimum atomic E-state index is 0. The van der Waals surface area contributed by atoms with Crippen molar-refractivity contribution in [1.82, 2.24) is 0 Å². The fourth-order valence-electron chi connectivity index (χ4n) is 0.731. The molecule has 1 rings (SSSR count). The Balaban J connectivity index is 0. The van der Waals surface area contributed by atoms with Gasteiger partial charge in [-0.3, -0.25) is 0 Å². The minimum Gasteiger partial charge on any atom is -1.00 e. The zero-order chi connectivity index (χ0) is 5.98. The standard InChI is InChI=1S/C8H9.HI.Mg/c1-7-4-3-5-8(2)6-7;;/h3-5H,1-2H3;1H;/q-1;;+2/p-1. The van der Waals surface area contributed by atoms with Crippen LogP contribution in [0.2, 0.25) is 0 Å². The molecule has 1 aromatic rings. The van der Waals surface area contributed by atoms with Gasteiger partial charge in [0.1, 0.15) is 0 Å². The van der Waals surface area contributed by atoms with Gasteiger partial charge >= 0.3 is 23.1 Å². The normalized spacial score (nSPS) is 7.40. The minimum absolute atomic E-state index is 0. The molecule has 0 aliphatic carbocycles. The van der Waals surface area contributed by atoms with E-state index in [1.807, 2.05) is 32.0 Å². The first-order valence-corrected chi connectivity index (χ1v) is 2.74. The van der Waals surface area contributed by atoms with E-state index in [0.717, 1.165) is 0 Å². The Hall–Kier alpha value is 0.716. The van der Waals surface area contributed by atoms with E-state index in [0.29, 0.717) is 0 Å². The Morgan fingerprint density at radius 1 is 1.10 bits per heavy atom. The van der Waals surface area contributed by atoms with E-state index in [4.69, 9.17) is 0 Å². The molecule has 0 unspecified atom stereocenters. The summed E-state index contributed by atoms with van der Waals surface area (Å²) >= 11 is 0. The van der Waals surface area contributed by atoms with Crippen LogP contribution in [0.25, 0.3) is 0 Å². The molecule has 0 saturated heterocycles. The summed E-state index contributed by atoms with van der Waals surface area (Å²) in [4.78, 5) is 0. The van der Waals surface area contributed by atoms with Crippen LogP contribution >= 0.6 is 0 Å². The third kappa shape index (κ3) is 4.52. The molecule has 0 radical (unpaired) electrons. The zero-order valence-corrected chi connectivity index (χ0v) is 9.89. The van der Waals surface area contributed by atoms with Gasteiger partial charge in [-0.25, -0.2) is 0 Å². The van der Waals surface area contributed by atoms with E-state index in [2.05, 4.69) is 6.07 Å². The average Bonchev–Trinajstić information content (AvgIpc) is 1.64. The molecule has 0 bridgehead atoms. The smallest absolute Gasteiger partial charge is 1.00 e. The van der Waals surface area contributed by atoms with Crippen molar-refractivity contribution in [2.75, 3.05) is 0 Å². The molecule has 0 atom stereocenters. The summed E-state index contributed by atoms with van der Waals surface area (Å²) in [5.41, 5.74) is 2.43. The summed E-state index contributed by atoms with van der Waals surface area (Å²) in [5.74, 6) is 0. The van der Waals surface area contributed by atoms with Gasteiger partial charge in [0, 0.05) is 0 Å². The van der Waals surface area contributed by atoms with Crippen molar-refractivity contribution in [2.24, 2.45) is 0 Å². The molecule has 0 aromatic heterocycles. The molecule has 0 aliphatic rings. The van der Waals surface area contributed by atoms with Crippen LogP contribution in [0.5, 0.6) is 0 Å². The predicted molar refractivity (Wildman–Crippen MR) is 40.5 cm³/mol. The Morgan fingerprint density at radius 3 is 1.70 bits per heavy atom. The molecule has 10 heavy (non-hydrogen) atoms. The number of aryl methyl sites for hydroxylation is 2. The summed E-state index contributed by atoms with van der Waals surface area (Å²) in [7, 11) is 0. The first-order valence-electron chi connectivity index (χ1n) is 2.74. The van der Waals surface area contributed by atoms with Crippen molar-refractivity contribution in [3.63, 3.8) is 0 Å². The fourth-order valence-corrected chi connectivity index (χ4v) is 0.731. The molecule has 0 N–H and O–H groups in total. The Bertz CT molecular complexity index is 169. The van der Waals surface area contributed by atoms with Gasteiger partial charge in [-0.1, -0.05) is 13.8 Å². The quantitative estimate of drug-likeness (QED) is 0.308. The van der Waals surface area contributed by atoms with Gasteiger partial charge in [-0.05, 0) is 0 Å². The molecule has 0 aliphatic heterocycles. The molecule has 0 nitrogen and oxygen atoms in total. The Morgan fingerprint density at radius 2 is 1.50 bits per heavy atom. The van der Waals surface area contributed by atoms with E-state index in [1.54, 1.807) is 0 Å². The molecule has 0 heterocycles. The maximum atomic E-state index is 3.17. The number of hydrogen-bond donors (Lipinski definition) is 0. The fraction of sp³-hybridized carbons (Fsp3) is 0.250. The summed E-state index contributed by atoms with van der Waals surface area (Å²) in [6.45, 7) is 4.10. The molecule has 50 valence electrons. The molecular formula is C8H9IMg. The Kier molecular flexibility index (Phi) is 8.56. The van der Waals surface area contributed by atoms with Gasteiger partial charge in [0.2, 0.25) is 0 Å². The molecule has 0 spiro atoms. The van der Waals surface area contributed by atoms with Crippen LogP contribution in [-0.4, -0.2) is 23.1 Å². The third-order valence-electron chi connectivity index (χ3n) is 1.09. The van der Waals surface area contributed by atoms with Crippen LogP contribution in [0, 0.1) is 19.9 Å². The monoisotopic (exact) mass is 256 g/mol. The summed E-state index contributed by atoms with van der Waals surface area (Å²) in [6.07, 6.45) is 0. The third-order valence-corrected chi connectivity index (χ3v) is 1.09. The Labute approximate surface area is 95.6 Å². The number of hydrogen-bond acceptors (Lipinski definition) is 0. The van der Waals surface area contributed by atoms with Crippen LogP contribution in [0.3, 0.4) is 0 Å². The van der Waals surface area contributed by atoms with Crippen molar-refractivity contribution in [1.29, 1.82) is 0 Å². The van der Waals surface area contributed by atoms with Crippen LogP contribution in [0.4, 0.5) is 0 Å². The van der Waals surface area contributed by atoms with E-state index >= 15 is 0 Å². The SMILES string of the molecule is Cc1[c-]c(C)ccc1.[I-].[Mg+2]. The second-order valence-corrected chi connectivity index (χ2v) is 2.02. The van der Waals surface area contributed by atoms with Gasteiger partial charge in [-0.15, -0.1) is 0 Å².